The third-order valence-corrected chi connectivity index (χ3v) is 6.77. The van der Waals surface area contributed by atoms with Gasteiger partial charge in [0.25, 0.3) is 0 Å². The summed E-state index contributed by atoms with van der Waals surface area (Å²) >= 11 is 6.05. The minimum atomic E-state index is 0.0237. The van der Waals surface area contributed by atoms with Crippen LogP contribution in [-0.2, 0) is 11.3 Å². The molecular weight excluding hydrogens is 430 g/mol. The van der Waals surface area contributed by atoms with E-state index in [0.29, 0.717) is 24.5 Å². The summed E-state index contributed by atoms with van der Waals surface area (Å²) in [6, 6.07) is 30.6. The number of imidazole rings is 1. The van der Waals surface area contributed by atoms with Crippen LogP contribution in [0.5, 0.6) is 0 Å². The Balaban J connectivity index is 1.42. The zero-order chi connectivity index (χ0) is 22.4. The maximum absolute atomic E-state index is 13.0. The molecule has 1 atom stereocenters. The first-order valence-electron chi connectivity index (χ1n) is 11.1. The van der Waals surface area contributed by atoms with Crippen molar-refractivity contribution in [3.63, 3.8) is 0 Å². The third kappa shape index (κ3) is 3.57. The zero-order valence-electron chi connectivity index (χ0n) is 18.0. The Labute approximate surface area is 197 Å². The highest BCUT2D eigenvalue weighted by Crippen LogP contribution is 2.34. The number of benzene rings is 4. The first-order valence-corrected chi connectivity index (χ1v) is 11.5. The van der Waals surface area contributed by atoms with Crippen molar-refractivity contribution in [2.75, 3.05) is 11.4 Å². The lowest BCUT2D eigenvalue weighted by Crippen LogP contribution is -2.24. The van der Waals surface area contributed by atoms with Crippen molar-refractivity contribution in [1.82, 2.24) is 9.55 Å². The van der Waals surface area contributed by atoms with Gasteiger partial charge in [-0.1, -0.05) is 66.2 Å². The molecule has 0 aliphatic carbocycles. The number of anilines is 1. The molecule has 5 aromatic rings. The van der Waals surface area contributed by atoms with E-state index in [0.717, 1.165) is 22.5 Å². The Hall–Kier alpha value is -3.63. The second-order valence-corrected chi connectivity index (χ2v) is 9.00. The van der Waals surface area contributed by atoms with Crippen molar-refractivity contribution in [1.29, 1.82) is 0 Å². The molecule has 0 saturated carbocycles. The number of halogens is 1. The number of carbonyl (C=O) groups is 1. The summed E-state index contributed by atoms with van der Waals surface area (Å²) in [6.07, 6.45) is 0.446. The number of hydrogen-bond acceptors (Lipinski definition) is 2. The summed E-state index contributed by atoms with van der Waals surface area (Å²) in [5.41, 5.74) is 4.18. The molecular formula is C28H22ClN3O. The quantitative estimate of drug-likeness (QED) is 0.316. The second kappa shape index (κ2) is 8.05. The van der Waals surface area contributed by atoms with Gasteiger partial charge in [-0.2, -0.15) is 0 Å². The van der Waals surface area contributed by atoms with Crippen molar-refractivity contribution in [3.8, 4) is 0 Å². The van der Waals surface area contributed by atoms with Gasteiger partial charge in [0.2, 0.25) is 5.91 Å². The van der Waals surface area contributed by atoms with Crippen molar-refractivity contribution in [2.24, 2.45) is 0 Å². The molecule has 1 amide bonds. The van der Waals surface area contributed by atoms with E-state index in [1.165, 1.54) is 16.3 Å². The molecule has 1 aliphatic heterocycles. The van der Waals surface area contributed by atoms with Crippen LogP contribution in [0.4, 0.5) is 5.69 Å². The standard InChI is InChI=1S/C28H22ClN3O/c29-22-12-14-23(15-13-22)31-18-21(16-27(31)33)28-30-25-10-3-4-11-26(25)32(28)17-20-8-5-7-19-6-1-2-9-24(19)20/h1-15,21H,16-18H2. The molecule has 0 spiro atoms. The van der Waals surface area contributed by atoms with E-state index in [4.69, 9.17) is 16.6 Å². The minimum Gasteiger partial charge on any atom is -0.323 e. The molecule has 2 heterocycles. The molecule has 0 radical (unpaired) electrons. The summed E-state index contributed by atoms with van der Waals surface area (Å²) in [6.45, 7) is 1.32. The topological polar surface area (TPSA) is 38.1 Å². The number of carbonyl (C=O) groups excluding carboxylic acids is 1. The zero-order valence-corrected chi connectivity index (χ0v) is 18.7. The number of aromatic nitrogens is 2. The molecule has 0 N–H and O–H groups in total. The van der Waals surface area contributed by atoms with Crippen LogP contribution >= 0.6 is 11.6 Å². The van der Waals surface area contributed by atoms with E-state index in [-0.39, 0.29) is 11.8 Å². The highest BCUT2D eigenvalue weighted by atomic mass is 35.5. The summed E-state index contributed by atoms with van der Waals surface area (Å²) in [4.78, 5) is 19.8. The molecule has 1 saturated heterocycles. The fourth-order valence-corrected chi connectivity index (χ4v) is 5.05. The molecule has 4 aromatic carbocycles. The average molecular weight is 452 g/mol. The number of nitrogens with zero attached hydrogens (tertiary/aromatic N) is 3. The van der Waals surface area contributed by atoms with E-state index in [9.17, 15) is 4.79 Å². The SMILES string of the molecule is O=C1CC(c2nc3ccccc3n2Cc2cccc3ccccc23)CN1c1ccc(Cl)cc1. The van der Waals surface area contributed by atoms with Crippen LogP contribution in [-0.4, -0.2) is 22.0 Å². The Morgan fingerprint density at radius 3 is 2.52 bits per heavy atom. The second-order valence-electron chi connectivity index (χ2n) is 8.56. The molecule has 33 heavy (non-hydrogen) atoms. The highest BCUT2D eigenvalue weighted by molar-refractivity contribution is 6.30. The van der Waals surface area contributed by atoms with Crippen LogP contribution in [0, 0.1) is 0 Å². The lowest BCUT2D eigenvalue weighted by Gasteiger charge is -2.18. The summed E-state index contributed by atoms with van der Waals surface area (Å²) < 4.78 is 2.29. The van der Waals surface area contributed by atoms with E-state index >= 15 is 0 Å². The van der Waals surface area contributed by atoms with Crippen LogP contribution < -0.4 is 4.90 Å². The monoisotopic (exact) mass is 451 g/mol. The number of amides is 1. The van der Waals surface area contributed by atoms with Crippen LogP contribution in [0.25, 0.3) is 21.8 Å². The molecule has 1 aromatic heterocycles. The lowest BCUT2D eigenvalue weighted by atomic mass is 10.0. The lowest BCUT2D eigenvalue weighted by molar-refractivity contribution is -0.117. The van der Waals surface area contributed by atoms with Gasteiger partial charge in [0.05, 0.1) is 11.0 Å². The van der Waals surface area contributed by atoms with Crippen LogP contribution in [0.15, 0.2) is 91.0 Å². The molecule has 0 bridgehead atoms. The number of fused-ring (bicyclic) bond motifs is 2. The Morgan fingerprint density at radius 1 is 0.879 bits per heavy atom. The first-order chi connectivity index (χ1) is 16.2. The number of hydrogen-bond donors (Lipinski definition) is 0. The maximum atomic E-state index is 13.0. The summed E-state index contributed by atoms with van der Waals surface area (Å²) in [5, 5.41) is 3.14. The van der Waals surface area contributed by atoms with Crippen molar-refractivity contribution < 1.29 is 4.79 Å². The predicted molar refractivity (Wildman–Crippen MR) is 134 cm³/mol. The maximum Gasteiger partial charge on any atom is 0.227 e. The summed E-state index contributed by atoms with van der Waals surface area (Å²) in [7, 11) is 0. The molecule has 4 nitrogen and oxygen atoms in total. The Kier molecular flexibility index (Phi) is 4.88. The minimum absolute atomic E-state index is 0.0237. The van der Waals surface area contributed by atoms with Gasteiger partial charge in [0, 0.05) is 36.1 Å². The molecule has 1 fully saturated rings. The third-order valence-electron chi connectivity index (χ3n) is 6.52. The number of rotatable bonds is 4. The van der Waals surface area contributed by atoms with Crippen LogP contribution in [0.2, 0.25) is 5.02 Å². The summed E-state index contributed by atoms with van der Waals surface area (Å²) in [5.74, 6) is 1.11. The Bertz CT molecular complexity index is 1480. The van der Waals surface area contributed by atoms with Gasteiger partial charge in [-0.25, -0.2) is 4.98 Å². The van der Waals surface area contributed by atoms with Gasteiger partial charge in [-0.3, -0.25) is 4.79 Å². The van der Waals surface area contributed by atoms with Gasteiger partial charge in [0.1, 0.15) is 5.82 Å². The number of para-hydroxylation sites is 2. The fourth-order valence-electron chi connectivity index (χ4n) is 4.92. The predicted octanol–water partition coefficient (Wildman–Crippen LogP) is 6.41. The van der Waals surface area contributed by atoms with Gasteiger partial charge < -0.3 is 9.47 Å². The largest absolute Gasteiger partial charge is 0.323 e. The van der Waals surface area contributed by atoms with E-state index in [1.807, 2.05) is 47.4 Å². The highest BCUT2D eigenvalue weighted by Gasteiger charge is 2.34. The van der Waals surface area contributed by atoms with Crippen molar-refractivity contribution in [3.05, 3.63) is 107 Å². The average Bonchev–Trinajstić information content (AvgIpc) is 3.40. The molecule has 5 heteroatoms. The van der Waals surface area contributed by atoms with Crippen molar-refractivity contribution in [2.45, 2.75) is 18.9 Å². The first kappa shape index (κ1) is 20.0. The van der Waals surface area contributed by atoms with E-state index in [1.54, 1.807) is 0 Å². The molecule has 1 aliphatic rings. The van der Waals surface area contributed by atoms with Gasteiger partial charge in [0.15, 0.2) is 0 Å². The molecule has 1 unspecified atom stereocenters. The van der Waals surface area contributed by atoms with Gasteiger partial charge in [-0.15, -0.1) is 0 Å². The van der Waals surface area contributed by atoms with Gasteiger partial charge >= 0.3 is 0 Å². The fraction of sp³-hybridized carbons (Fsp3) is 0.143. The normalized spacial score (nSPS) is 16.2. The molecule has 6 rings (SSSR count). The van der Waals surface area contributed by atoms with E-state index in [2.05, 4.69) is 53.1 Å². The van der Waals surface area contributed by atoms with Crippen LogP contribution in [0.1, 0.15) is 23.7 Å². The van der Waals surface area contributed by atoms with Crippen LogP contribution in [0.3, 0.4) is 0 Å². The molecule has 162 valence electrons. The van der Waals surface area contributed by atoms with Gasteiger partial charge in [-0.05, 0) is 52.7 Å². The smallest absolute Gasteiger partial charge is 0.227 e. The van der Waals surface area contributed by atoms with E-state index < -0.39 is 0 Å². The van der Waals surface area contributed by atoms with Crippen molar-refractivity contribution >= 4 is 45.0 Å². The Morgan fingerprint density at radius 2 is 1.64 bits per heavy atom.